The lowest BCUT2D eigenvalue weighted by Crippen LogP contribution is -2.51. The molecule has 1 fully saturated rings. The molecule has 3 nitrogen and oxygen atoms in total. The number of furan rings is 1. The average Bonchev–Trinajstić information content (AvgIpc) is 3.05. The SMILES string of the molecule is Cc1occc1CN(C)C(C)(CN)C1CC1. The van der Waals surface area contributed by atoms with E-state index in [4.69, 9.17) is 10.2 Å². The molecular weight excluding hydrogens is 200 g/mol. The Hall–Kier alpha value is -0.800. The fourth-order valence-electron chi connectivity index (χ4n) is 2.35. The van der Waals surface area contributed by atoms with E-state index in [9.17, 15) is 0 Å². The molecule has 3 heteroatoms. The zero-order valence-corrected chi connectivity index (χ0v) is 10.5. The fraction of sp³-hybridized carbons (Fsp3) is 0.692. The molecule has 90 valence electrons. The van der Waals surface area contributed by atoms with Gasteiger partial charge >= 0.3 is 0 Å². The Labute approximate surface area is 97.6 Å². The highest BCUT2D eigenvalue weighted by Crippen LogP contribution is 2.42. The maximum Gasteiger partial charge on any atom is 0.105 e. The molecule has 0 amide bonds. The monoisotopic (exact) mass is 222 g/mol. The predicted octanol–water partition coefficient (Wildman–Crippen LogP) is 2.15. The van der Waals surface area contributed by atoms with Crippen molar-refractivity contribution < 1.29 is 4.42 Å². The van der Waals surface area contributed by atoms with Crippen LogP contribution in [0.3, 0.4) is 0 Å². The third-order valence-electron chi connectivity index (χ3n) is 4.12. The minimum Gasteiger partial charge on any atom is -0.469 e. The van der Waals surface area contributed by atoms with Crippen molar-refractivity contribution in [3.63, 3.8) is 0 Å². The number of aryl methyl sites for hydroxylation is 1. The molecule has 0 radical (unpaired) electrons. The van der Waals surface area contributed by atoms with E-state index >= 15 is 0 Å². The maximum atomic E-state index is 5.95. The van der Waals surface area contributed by atoms with E-state index in [1.807, 2.05) is 6.92 Å². The van der Waals surface area contributed by atoms with Gasteiger partial charge in [-0.25, -0.2) is 0 Å². The lowest BCUT2D eigenvalue weighted by molar-refractivity contribution is 0.112. The van der Waals surface area contributed by atoms with Gasteiger partial charge in [-0.05, 0) is 45.7 Å². The van der Waals surface area contributed by atoms with Gasteiger partial charge in [0.25, 0.3) is 0 Å². The first kappa shape index (κ1) is 11.7. The highest BCUT2D eigenvalue weighted by Gasteiger charge is 2.43. The molecule has 16 heavy (non-hydrogen) atoms. The highest BCUT2D eigenvalue weighted by atomic mass is 16.3. The van der Waals surface area contributed by atoms with Gasteiger partial charge in [-0.1, -0.05) is 0 Å². The highest BCUT2D eigenvalue weighted by molar-refractivity contribution is 5.16. The van der Waals surface area contributed by atoms with Crippen LogP contribution < -0.4 is 5.73 Å². The number of hydrogen-bond acceptors (Lipinski definition) is 3. The summed E-state index contributed by atoms with van der Waals surface area (Å²) in [4.78, 5) is 2.38. The van der Waals surface area contributed by atoms with E-state index in [2.05, 4.69) is 24.9 Å². The molecule has 0 saturated heterocycles. The molecule has 0 spiro atoms. The van der Waals surface area contributed by atoms with Crippen LogP contribution in [0.5, 0.6) is 0 Å². The Morgan fingerprint density at radius 3 is 2.69 bits per heavy atom. The summed E-state index contributed by atoms with van der Waals surface area (Å²) in [6.07, 6.45) is 4.40. The topological polar surface area (TPSA) is 42.4 Å². The average molecular weight is 222 g/mol. The van der Waals surface area contributed by atoms with Crippen LogP contribution in [0.2, 0.25) is 0 Å². The third kappa shape index (κ3) is 2.02. The van der Waals surface area contributed by atoms with Gasteiger partial charge in [0.1, 0.15) is 5.76 Å². The molecule has 1 aliphatic carbocycles. The standard InChI is InChI=1S/C13H22N2O/c1-10-11(6-7-16-10)8-15(3)13(2,9-14)12-4-5-12/h6-7,12H,4-5,8-9,14H2,1-3H3. The summed E-state index contributed by atoms with van der Waals surface area (Å²) in [6, 6.07) is 2.05. The predicted molar refractivity (Wildman–Crippen MR) is 65.1 cm³/mol. The molecule has 2 rings (SSSR count). The number of nitrogens with zero attached hydrogens (tertiary/aromatic N) is 1. The number of rotatable bonds is 5. The van der Waals surface area contributed by atoms with Gasteiger partial charge in [0, 0.05) is 24.2 Å². The summed E-state index contributed by atoms with van der Waals surface area (Å²) in [6.45, 7) is 5.94. The van der Waals surface area contributed by atoms with Gasteiger partial charge in [0.2, 0.25) is 0 Å². The van der Waals surface area contributed by atoms with Gasteiger partial charge in [-0.2, -0.15) is 0 Å². The second kappa shape index (κ2) is 4.22. The van der Waals surface area contributed by atoms with Crippen LogP contribution in [0.15, 0.2) is 16.7 Å². The lowest BCUT2D eigenvalue weighted by atomic mass is 9.93. The first-order chi connectivity index (χ1) is 7.58. The lowest BCUT2D eigenvalue weighted by Gasteiger charge is -2.38. The molecule has 0 aromatic carbocycles. The van der Waals surface area contributed by atoms with E-state index in [0.717, 1.165) is 24.8 Å². The zero-order valence-electron chi connectivity index (χ0n) is 10.5. The summed E-state index contributed by atoms with van der Waals surface area (Å²) in [7, 11) is 2.16. The molecule has 0 aliphatic heterocycles. The van der Waals surface area contributed by atoms with Crippen molar-refractivity contribution in [3.05, 3.63) is 23.7 Å². The Morgan fingerprint density at radius 2 is 2.25 bits per heavy atom. The molecule has 1 unspecified atom stereocenters. The van der Waals surface area contributed by atoms with E-state index in [-0.39, 0.29) is 5.54 Å². The molecule has 1 aromatic heterocycles. The Bertz CT molecular complexity index is 357. The number of likely N-dealkylation sites (N-methyl/N-ethyl adjacent to an activating group) is 1. The number of nitrogens with two attached hydrogens (primary N) is 1. The van der Waals surface area contributed by atoms with Crippen molar-refractivity contribution in [2.75, 3.05) is 13.6 Å². The smallest absolute Gasteiger partial charge is 0.105 e. The van der Waals surface area contributed by atoms with E-state index in [1.165, 1.54) is 18.4 Å². The largest absolute Gasteiger partial charge is 0.469 e. The summed E-state index contributed by atoms with van der Waals surface area (Å²) in [5.41, 5.74) is 7.36. The zero-order chi connectivity index (χ0) is 11.8. The van der Waals surface area contributed by atoms with E-state index in [1.54, 1.807) is 6.26 Å². The van der Waals surface area contributed by atoms with Crippen LogP contribution in [0.25, 0.3) is 0 Å². The molecule has 1 aromatic rings. The van der Waals surface area contributed by atoms with Crippen molar-refractivity contribution >= 4 is 0 Å². The van der Waals surface area contributed by atoms with E-state index < -0.39 is 0 Å². The normalized spacial score (nSPS) is 20.1. The molecular formula is C13H22N2O. The molecule has 1 heterocycles. The van der Waals surface area contributed by atoms with E-state index in [0.29, 0.717) is 0 Å². The van der Waals surface area contributed by atoms with Crippen LogP contribution in [-0.4, -0.2) is 24.0 Å². The van der Waals surface area contributed by atoms with Crippen molar-refractivity contribution in [2.45, 2.75) is 38.8 Å². The quantitative estimate of drug-likeness (QED) is 0.830. The minimum absolute atomic E-state index is 0.143. The summed E-state index contributed by atoms with van der Waals surface area (Å²) in [5.74, 6) is 1.79. The third-order valence-corrected chi connectivity index (χ3v) is 4.12. The second-order valence-electron chi connectivity index (χ2n) is 5.19. The second-order valence-corrected chi connectivity index (χ2v) is 5.19. The van der Waals surface area contributed by atoms with Crippen molar-refractivity contribution in [1.82, 2.24) is 4.90 Å². The molecule has 1 atom stereocenters. The van der Waals surface area contributed by atoms with Crippen LogP contribution in [0, 0.1) is 12.8 Å². The van der Waals surface area contributed by atoms with Crippen molar-refractivity contribution in [1.29, 1.82) is 0 Å². The van der Waals surface area contributed by atoms with Crippen LogP contribution in [0.1, 0.15) is 31.1 Å². The van der Waals surface area contributed by atoms with Crippen molar-refractivity contribution in [3.8, 4) is 0 Å². The summed E-state index contributed by atoms with van der Waals surface area (Å²) < 4.78 is 5.33. The van der Waals surface area contributed by atoms with Gasteiger partial charge in [0.05, 0.1) is 6.26 Å². The summed E-state index contributed by atoms with van der Waals surface area (Å²) >= 11 is 0. The first-order valence-corrected chi connectivity index (χ1v) is 6.02. The summed E-state index contributed by atoms with van der Waals surface area (Å²) in [5, 5.41) is 0. The van der Waals surface area contributed by atoms with Gasteiger partial charge in [-0.15, -0.1) is 0 Å². The molecule has 0 bridgehead atoms. The Kier molecular flexibility index (Phi) is 3.08. The van der Waals surface area contributed by atoms with Gasteiger partial charge in [-0.3, -0.25) is 4.90 Å². The van der Waals surface area contributed by atoms with Gasteiger partial charge < -0.3 is 10.2 Å². The first-order valence-electron chi connectivity index (χ1n) is 6.02. The maximum absolute atomic E-state index is 5.95. The van der Waals surface area contributed by atoms with Gasteiger partial charge in [0.15, 0.2) is 0 Å². The minimum atomic E-state index is 0.143. The van der Waals surface area contributed by atoms with Crippen molar-refractivity contribution in [2.24, 2.45) is 11.7 Å². The van der Waals surface area contributed by atoms with Crippen LogP contribution >= 0.6 is 0 Å². The Morgan fingerprint density at radius 1 is 1.56 bits per heavy atom. The number of hydrogen-bond donors (Lipinski definition) is 1. The van der Waals surface area contributed by atoms with Crippen LogP contribution in [-0.2, 0) is 6.54 Å². The Balaban J connectivity index is 2.06. The van der Waals surface area contributed by atoms with Crippen LogP contribution in [0.4, 0.5) is 0 Å². The molecule has 2 N–H and O–H groups in total. The fourth-order valence-corrected chi connectivity index (χ4v) is 2.35. The molecule has 1 saturated carbocycles. The molecule has 1 aliphatic rings.